The van der Waals surface area contributed by atoms with Crippen molar-refractivity contribution in [3.05, 3.63) is 59.3 Å². The number of nitrogens with one attached hydrogen (secondary N) is 3. The standard InChI is InChI=1S/C23H27ClN4O6S2/c1-23(2)16-12-14(36(32,33)34)8-9-17(16)28(11-5-10-25-19(29)13-24)18(23)7-4-3-6-15-20(30)26-22(35)27-21(15)31/h3-4,6-9,12,32-34H,5,10-11,13H2,1-2H3,(H,25,29)(H2,26,27,30,31,35)/b4-3+,18-7+. The zero-order valence-corrected chi connectivity index (χ0v) is 22.0. The molecular formula is C23H27ClN4O6S2. The minimum atomic E-state index is -3.90. The maximum absolute atomic E-state index is 12.0. The Balaban J connectivity index is 1.92. The van der Waals surface area contributed by atoms with Crippen molar-refractivity contribution in [2.24, 2.45) is 0 Å². The average molecular weight is 555 g/mol. The molecule has 0 saturated carbocycles. The molecule has 0 spiro atoms. The second-order valence-corrected chi connectivity index (χ2v) is 10.8. The van der Waals surface area contributed by atoms with Gasteiger partial charge in [-0.25, -0.2) is 0 Å². The molecule has 0 atom stereocenters. The van der Waals surface area contributed by atoms with Crippen LogP contribution in [-0.4, -0.2) is 55.5 Å². The molecule has 2 heterocycles. The minimum absolute atomic E-state index is 0.0115. The number of carbonyl (C=O) groups is 3. The number of anilines is 1. The number of thiocarbonyl (C=S) groups is 1. The summed E-state index contributed by atoms with van der Waals surface area (Å²) in [7, 11) is -3.90. The maximum Gasteiger partial charge on any atom is 0.263 e. The lowest BCUT2D eigenvalue weighted by molar-refractivity contribution is -0.123. The Bertz CT molecular complexity index is 1170. The van der Waals surface area contributed by atoms with E-state index in [9.17, 15) is 28.0 Å². The van der Waals surface area contributed by atoms with E-state index in [1.54, 1.807) is 24.3 Å². The van der Waals surface area contributed by atoms with Gasteiger partial charge >= 0.3 is 0 Å². The fourth-order valence-corrected chi connectivity index (χ4v) is 4.81. The first-order valence-electron chi connectivity index (χ1n) is 10.9. The molecule has 0 aromatic heterocycles. The predicted molar refractivity (Wildman–Crippen MR) is 143 cm³/mol. The lowest BCUT2D eigenvalue weighted by Gasteiger charge is -2.27. The van der Waals surface area contributed by atoms with Gasteiger partial charge in [0.2, 0.25) is 5.91 Å². The minimum Gasteiger partial charge on any atom is -0.355 e. The maximum atomic E-state index is 12.0. The Labute approximate surface area is 220 Å². The smallest absolute Gasteiger partial charge is 0.263 e. The molecule has 0 bridgehead atoms. The number of carbonyl (C=O) groups excluding carboxylic acids is 3. The Morgan fingerprint density at radius 3 is 2.42 bits per heavy atom. The second kappa shape index (κ2) is 11.1. The van der Waals surface area contributed by atoms with Gasteiger partial charge in [-0.2, -0.15) is 0 Å². The molecule has 0 unspecified atom stereocenters. The SMILES string of the molecule is CC1(C)/C(=C\C=C\C=C2C(=O)NC(=S)NC2=O)N(CCCNC(=O)CCl)c2ccc(S(O)(O)O)cc21. The van der Waals surface area contributed by atoms with E-state index in [0.717, 1.165) is 16.9 Å². The number of rotatable bonds is 8. The Morgan fingerprint density at radius 1 is 1.17 bits per heavy atom. The van der Waals surface area contributed by atoms with Gasteiger partial charge in [0.25, 0.3) is 11.8 Å². The summed E-state index contributed by atoms with van der Waals surface area (Å²) in [5.74, 6) is -1.57. The summed E-state index contributed by atoms with van der Waals surface area (Å²) in [4.78, 5) is 37.5. The van der Waals surface area contributed by atoms with E-state index in [2.05, 4.69) is 16.0 Å². The quantitative estimate of drug-likeness (QED) is 0.0943. The number of nitrogens with zero attached hydrogens (tertiary/aromatic N) is 1. The van der Waals surface area contributed by atoms with Crippen LogP contribution in [0.1, 0.15) is 25.8 Å². The molecule has 2 aliphatic heterocycles. The molecule has 1 aromatic carbocycles. The molecule has 1 aromatic rings. The number of fused-ring (bicyclic) bond motifs is 1. The van der Waals surface area contributed by atoms with E-state index in [-0.39, 0.29) is 27.4 Å². The first-order chi connectivity index (χ1) is 16.9. The highest BCUT2D eigenvalue weighted by Gasteiger charge is 2.40. The van der Waals surface area contributed by atoms with E-state index in [1.807, 2.05) is 24.8 Å². The molecule has 194 valence electrons. The van der Waals surface area contributed by atoms with Crippen LogP contribution in [0.25, 0.3) is 0 Å². The van der Waals surface area contributed by atoms with E-state index in [4.69, 9.17) is 23.8 Å². The first-order valence-corrected chi connectivity index (χ1v) is 13.3. The van der Waals surface area contributed by atoms with Crippen LogP contribution in [-0.2, 0) is 19.8 Å². The number of benzene rings is 1. The van der Waals surface area contributed by atoms with Gasteiger partial charge in [-0.15, -0.1) is 11.6 Å². The number of alkyl halides is 1. The molecule has 1 fully saturated rings. The normalized spacial score (nSPS) is 18.8. The average Bonchev–Trinajstić information content (AvgIpc) is 3.00. The molecule has 13 heteroatoms. The van der Waals surface area contributed by atoms with Crippen LogP contribution in [0.2, 0.25) is 0 Å². The number of hydrogen-bond donors (Lipinski definition) is 6. The fraction of sp³-hybridized carbons (Fsp3) is 0.304. The van der Waals surface area contributed by atoms with Gasteiger partial charge in [0.1, 0.15) is 22.3 Å². The summed E-state index contributed by atoms with van der Waals surface area (Å²) in [5, 5.41) is 7.42. The van der Waals surface area contributed by atoms with Gasteiger partial charge in [-0.1, -0.05) is 26.0 Å². The fourth-order valence-electron chi connectivity index (χ4n) is 4.00. The Morgan fingerprint density at radius 2 is 1.81 bits per heavy atom. The summed E-state index contributed by atoms with van der Waals surface area (Å²) in [6, 6.07) is 4.74. The Hall–Kier alpha value is -2.74. The summed E-state index contributed by atoms with van der Waals surface area (Å²) in [6.07, 6.45) is 7.05. The van der Waals surface area contributed by atoms with Crippen LogP contribution >= 0.6 is 34.7 Å². The van der Waals surface area contributed by atoms with E-state index in [1.165, 1.54) is 12.1 Å². The number of allylic oxidation sites excluding steroid dienone is 5. The highest BCUT2D eigenvalue weighted by molar-refractivity contribution is 8.19. The molecule has 10 nitrogen and oxygen atoms in total. The summed E-state index contributed by atoms with van der Waals surface area (Å²) >= 11 is 10.3. The van der Waals surface area contributed by atoms with Crippen LogP contribution in [0, 0.1) is 0 Å². The summed E-state index contributed by atoms with van der Waals surface area (Å²) < 4.78 is 29.3. The highest BCUT2D eigenvalue weighted by Crippen LogP contribution is 2.52. The third-order valence-corrected chi connectivity index (χ3v) is 7.09. The van der Waals surface area contributed by atoms with Crippen molar-refractivity contribution in [1.82, 2.24) is 16.0 Å². The van der Waals surface area contributed by atoms with E-state index >= 15 is 0 Å². The molecule has 6 N–H and O–H groups in total. The van der Waals surface area contributed by atoms with Crippen LogP contribution in [0.4, 0.5) is 5.69 Å². The molecule has 2 aliphatic rings. The molecule has 3 rings (SSSR count). The van der Waals surface area contributed by atoms with Crippen LogP contribution < -0.4 is 20.9 Å². The first kappa shape index (κ1) is 27.8. The summed E-state index contributed by atoms with van der Waals surface area (Å²) in [5.41, 5.74) is 1.75. The number of amides is 3. The van der Waals surface area contributed by atoms with Gasteiger partial charge in [0.05, 0.1) is 4.90 Å². The van der Waals surface area contributed by atoms with Crippen molar-refractivity contribution in [3.8, 4) is 0 Å². The molecule has 1 saturated heterocycles. The van der Waals surface area contributed by atoms with Gasteiger partial charge < -0.3 is 23.9 Å². The molecule has 3 amide bonds. The largest absolute Gasteiger partial charge is 0.355 e. The monoisotopic (exact) mass is 554 g/mol. The molecular weight excluding hydrogens is 528 g/mol. The molecule has 0 aliphatic carbocycles. The van der Waals surface area contributed by atoms with Crippen molar-refractivity contribution in [2.45, 2.75) is 30.6 Å². The van der Waals surface area contributed by atoms with Crippen molar-refractivity contribution >= 4 is 63.2 Å². The van der Waals surface area contributed by atoms with Gasteiger partial charge in [0, 0.05) is 29.9 Å². The van der Waals surface area contributed by atoms with Gasteiger partial charge in [-0.05, 0) is 54.6 Å². The van der Waals surface area contributed by atoms with Crippen molar-refractivity contribution in [3.63, 3.8) is 0 Å². The van der Waals surface area contributed by atoms with E-state index in [0.29, 0.717) is 19.5 Å². The van der Waals surface area contributed by atoms with Crippen LogP contribution in [0.5, 0.6) is 0 Å². The highest BCUT2D eigenvalue weighted by atomic mass is 35.5. The predicted octanol–water partition coefficient (Wildman–Crippen LogP) is 3.01. The zero-order chi connectivity index (χ0) is 26.7. The lowest BCUT2D eigenvalue weighted by Crippen LogP contribution is -2.51. The number of halogens is 1. The van der Waals surface area contributed by atoms with Gasteiger partial charge in [0.15, 0.2) is 5.11 Å². The van der Waals surface area contributed by atoms with Crippen molar-refractivity contribution < 1.29 is 28.0 Å². The molecule has 0 radical (unpaired) electrons. The van der Waals surface area contributed by atoms with Gasteiger partial charge in [-0.3, -0.25) is 25.0 Å². The number of hydrogen-bond acceptors (Lipinski definition) is 8. The van der Waals surface area contributed by atoms with Crippen LogP contribution in [0.15, 0.2) is 58.7 Å². The third-order valence-electron chi connectivity index (χ3n) is 5.75. The van der Waals surface area contributed by atoms with Crippen molar-refractivity contribution in [1.29, 1.82) is 0 Å². The van der Waals surface area contributed by atoms with E-state index < -0.39 is 28.1 Å². The van der Waals surface area contributed by atoms with Crippen LogP contribution in [0.3, 0.4) is 0 Å². The molecule has 36 heavy (non-hydrogen) atoms. The zero-order valence-electron chi connectivity index (χ0n) is 19.6. The topological polar surface area (TPSA) is 151 Å². The second-order valence-electron chi connectivity index (χ2n) is 8.57. The third kappa shape index (κ3) is 6.14. The van der Waals surface area contributed by atoms with Crippen molar-refractivity contribution in [2.75, 3.05) is 23.9 Å². The summed E-state index contributed by atoms with van der Waals surface area (Å²) in [6.45, 7) is 4.84. The Kier molecular flexibility index (Phi) is 8.59. The lowest BCUT2D eigenvalue weighted by atomic mass is 9.83.